The fraction of sp³-hybridized carbons (Fsp3) is 0.350. The lowest BCUT2D eigenvalue weighted by Crippen LogP contribution is -2.44. The van der Waals surface area contributed by atoms with Crippen molar-refractivity contribution in [3.8, 4) is 0 Å². The number of carbonyl (C=O) groups is 1. The van der Waals surface area contributed by atoms with Gasteiger partial charge in [-0.25, -0.2) is 4.68 Å². The molecule has 0 atom stereocenters. The van der Waals surface area contributed by atoms with Gasteiger partial charge in [0.25, 0.3) is 5.91 Å². The third-order valence-electron chi connectivity index (χ3n) is 4.99. The number of rotatable bonds is 6. The summed E-state index contributed by atoms with van der Waals surface area (Å²) in [6.07, 6.45) is 5.31. The molecule has 0 aliphatic carbocycles. The van der Waals surface area contributed by atoms with E-state index in [1.807, 2.05) is 42.6 Å². The van der Waals surface area contributed by atoms with Crippen LogP contribution in [-0.2, 0) is 13.1 Å². The maximum absolute atomic E-state index is 12.5. The van der Waals surface area contributed by atoms with Crippen LogP contribution >= 0.6 is 0 Å². The second-order valence-electron chi connectivity index (χ2n) is 7.05. The molecule has 144 valence electrons. The van der Waals surface area contributed by atoms with Crippen molar-refractivity contribution >= 4 is 5.91 Å². The number of hydrogen-bond donors (Lipinski definition) is 1. The number of hydrogen-bond acceptors (Lipinski definition) is 6. The lowest BCUT2D eigenvalue weighted by molar-refractivity contribution is 0.0908. The molecule has 0 unspecified atom stereocenters. The number of tetrazole rings is 1. The molecule has 2 aromatic heterocycles. The molecule has 1 saturated heterocycles. The van der Waals surface area contributed by atoms with E-state index in [1.54, 1.807) is 11.0 Å². The van der Waals surface area contributed by atoms with Crippen LogP contribution in [0.2, 0.25) is 0 Å². The van der Waals surface area contributed by atoms with Crippen molar-refractivity contribution in [2.45, 2.75) is 32.0 Å². The van der Waals surface area contributed by atoms with Crippen LogP contribution < -0.4 is 5.32 Å². The molecule has 1 aliphatic heterocycles. The summed E-state index contributed by atoms with van der Waals surface area (Å²) < 4.78 is 1.65. The van der Waals surface area contributed by atoms with Gasteiger partial charge in [-0.15, -0.1) is 5.10 Å². The summed E-state index contributed by atoms with van der Waals surface area (Å²) in [7, 11) is 0. The van der Waals surface area contributed by atoms with Crippen LogP contribution in [-0.4, -0.2) is 55.1 Å². The SMILES string of the molecule is O=C(NC1CCN(Cc2ccccn2)CC1)c1ccc(Cn2cnnn2)cc1. The van der Waals surface area contributed by atoms with Gasteiger partial charge in [0.05, 0.1) is 12.2 Å². The number of nitrogens with zero attached hydrogens (tertiary/aromatic N) is 6. The number of likely N-dealkylation sites (tertiary alicyclic amines) is 1. The summed E-state index contributed by atoms with van der Waals surface area (Å²) in [5.41, 5.74) is 2.81. The summed E-state index contributed by atoms with van der Waals surface area (Å²) in [6, 6.07) is 13.8. The third-order valence-corrected chi connectivity index (χ3v) is 4.99. The van der Waals surface area contributed by atoms with Crippen molar-refractivity contribution in [3.05, 3.63) is 71.8 Å². The van der Waals surface area contributed by atoms with Gasteiger partial charge in [0.2, 0.25) is 0 Å². The summed E-state index contributed by atoms with van der Waals surface area (Å²) in [4.78, 5) is 19.3. The van der Waals surface area contributed by atoms with Gasteiger partial charge in [-0.2, -0.15) is 0 Å². The highest BCUT2D eigenvalue weighted by Crippen LogP contribution is 2.14. The number of pyridine rings is 1. The van der Waals surface area contributed by atoms with Gasteiger partial charge in [-0.05, 0) is 53.1 Å². The Morgan fingerprint density at radius 2 is 1.89 bits per heavy atom. The van der Waals surface area contributed by atoms with Crippen molar-refractivity contribution in [2.24, 2.45) is 0 Å². The Morgan fingerprint density at radius 1 is 1.07 bits per heavy atom. The van der Waals surface area contributed by atoms with Crippen LogP contribution in [0.4, 0.5) is 0 Å². The van der Waals surface area contributed by atoms with E-state index in [2.05, 4.69) is 36.8 Å². The number of benzene rings is 1. The van der Waals surface area contributed by atoms with Crippen molar-refractivity contribution < 1.29 is 4.79 Å². The highest BCUT2D eigenvalue weighted by Gasteiger charge is 2.21. The molecule has 0 bridgehead atoms. The molecule has 8 heteroatoms. The topological polar surface area (TPSA) is 88.8 Å². The van der Waals surface area contributed by atoms with E-state index in [-0.39, 0.29) is 11.9 Å². The van der Waals surface area contributed by atoms with Crippen molar-refractivity contribution in [1.29, 1.82) is 0 Å². The smallest absolute Gasteiger partial charge is 0.251 e. The zero-order valence-electron chi connectivity index (χ0n) is 15.6. The molecule has 3 heterocycles. The number of amides is 1. The molecule has 0 spiro atoms. The molecule has 4 rings (SSSR count). The van der Waals surface area contributed by atoms with Gasteiger partial charge in [0, 0.05) is 37.4 Å². The molecule has 0 saturated carbocycles. The molecule has 0 radical (unpaired) electrons. The van der Waals surface area contributed by atoms with Gasteiger partial charge in [-0.3, -0.25) is 14.7 Å². The van der Waals surface area contributed by atoms with E-state index >= 15 is 0 Å². The quantitative estimate of drug-likeness (QED) is 0.700. The first kappa shape index (κ1) is 18.2. The van der Waals surface area contributed by atoms with E-state index in [4.69, 9.17) is 0 Å². The van der Waals surface area contributed by atoms with Crippen LogP contribution in [0.15, 0.2) is 55.0 Å². The molecule has 1 fully saturated rings. The zero-order chi connectivity index (χ0) is 19.2. The van der Waals surface area contributed by atoms with Crippen LogP contribution in [0.25, 0.3) is 0 Å². The lowest BCUT2D eigenvalue weighted by Gasteiger charge is -2.32. The number of carbonyl (C=O) groups excluding carboxylic acids is 1. The van der Waals surface area contributed by atoms with Gasteiger partial charge >= 0.3 is 0 Å². The second kappa shape index (κ2) is 8.71. The Balaban J connectivity index is 1.25. The Bertz CT molecular complexity index is 873. The van der Waals surface area contributed by atoms with Crippen LogP contribution in [0, 0.1) is 0 Å². The Kier molecular flexibility index (Phi) is 5.67. The van der Waals surface area contributed by atoms with Gasteiger partial charge < -0.3 is 5.32 Å². The monoisotopic (exact) mass is 377 g/mol. The van der Waals surface area contributed by atoms with E-state index in [9.17, 15) is 4.79 Å². The molecule has 1 aromatic carbocycles. The average molecular weight is 377 g/mol. The molecule has 28 heavy (non-hydrogen) atoms. The molecular weight excluding hydrogens is 354 g/mol. The van der Waals surface area contributed by atoms with E-state index in [0.717, 1.165) is 43.7 Å². The Morgan fingerprint density at radius 3 is 2.57 bits per heavy atom. The lowest BCUT2D eigenvalue weighted by atomic mass is 10.0. The van der Waals surface area contributed by atoms with Crippen molar-refractivity contribution in [1.82, 2.24) is 35.4 Å². The minimum atomic E-state index is -0.0165. The fourth-order valence-corrected chi connectivity index (χ4v) is 3.43. The molecule has 8 nitrogen and oxygen atoms in total. The van der Waals surface area contributed by atoms with E-state index < -0.39 is 0 Å². The standard InChI is InChI=1S/C20H23N7O/c28-20(17-6-4-16(5-7-17)13-27-15-22-24-25-27)23-18-8-11-26(12-9-18)14-19-3-1-2-10-21-19/h1-7,10,15,18H,8-9,11-14H2,(H,23,28). The Hall–Kier alpha value is -3.13. The molecule has 1 aliphatic rings. The van der Waals surface area contributed by atoms with Crippen LogP contribution in [0.3, 0.4) is 0 Å². The normalized spacial score (nSPS) is 15.4. The highest BCUT2D eigenvalue weighted by molar-refractivity contribution is 5.94. The van der Waals surface area contributed by atoms with Crippen LogP contribution in [0.1, 0.15) is 34.5 Å². The molecule has 1 N–H and O–H groups in total. The maximum atomic E-state index is 12.5. The first-order chi connectivity index (χ1) is 13.8. The van der Waals surface area contributed by atoms with Gasteiger partial charge in [-0.1, -0.05) is 18.2 Å². The molecule has 1 amide bonds. The fourth-order valence-electron chi connectivity index (χ4n) is 3.43. The predicted molar refractivity (Wildman–Crippen MR) is 103 cm³/mol. The van der Waals surface area contributed by atoms with Crippen molar-refractivity contribution in [3.63, 3.8) is 0 Å². The summed E-state index contributed by atoms with van der Waals surface area (Å²) in [6.45, 7) is 3.38. The number of nitrogens with one attached hydrogen (secondary N) is 1. The summed E-state index contributed by atoms with van der Waals surface area (Å²) in [5, 5.41) is 14.3. The van der Waals surface area contributed by atoms with Gasteiger partial charge in [0.15, 0.2) is 0 Å². The first-order valence-corrected chi connectivity index (χ1v) is 9.49. The van der Waals surface area contributed by atoms with Gasteiger partial charge in [0.1, 0.15) is 6.33 Å². The highest BCUT2D eigenvalue weighted by atomic mass is 16.1. The number of aromatic nitrogens is 5. The van der Waals surface area contributed by atoms with Crippen LogP contribution in [0.5, 0.6) is 0 Å². The summed E-state index contributed by atoms with van der Waals surface area (Å²) in [5.74, 6) is -0.0165. The number of piperidine rings is 1. The summed E-state index contributed by atoms with van der Waals surface area (Å²) >= 11 is 0. The molecule has 3 aromatic rings. The third kappa shape index (κ3) is 4.77. The minimum absolute atomic E-state index is 0.0165. The average Bonchev–Trinajstić information content (AvgIpc) is 3.24. The maximum Gasteiger partial charge on any atom is 0.251 e. The zero-order valence-corrected chi connectivity index (χ0v) is 15.6. The predicted octanol–water partition coefficient (Wildman–Crippen LogP) is 1.51. The largest absolute Gasteiger partial charge is 0.349 e. The molecular formula is C20H23N7O. The Labute approximate surface area is 163 Å². The second-order valence-corrected chi connectivity index (χ2v) is 7.05. The van der Waals surface area contributed by atoms with E-state index in [0.29, 0.717) is 12.1 Å². The first-order valence-electron chi connectivity index (χ1n) is 9.49. The minimum Gasteiger partial charge on any atom is -0.349 e. The van der Waals surface area contributed by atoms with Crippen molar-refractivity contribution in [2.75, 3.05) is 13.1 Å². The van der Waals surface area contributed by atoms with E-state index in [1.165, 1.54) is 0 Å².